The standard InChI is InChI=1S/C16H15N3O3/c1-19-8-11(9-20)22-16(19)10(7-17)6-14-15(21)12-4-2-3-5-13(12)18-14/h2-6,11,18,20H,8-9H2,1H3/b14-6+,16-10+. The zero-order valence-corrected chi connectivity index (χ0v) is 12.0. The molecule has 6 heteroatoms. The van der Waals surface area contributed by atoms with Crippen LogP contribution < -0.4 is 5.32 Å². The summed E-state index contributed by atoms with van der Waals surface area (Å²) < 4.78 is 5.55. The second-order valence-corrected chi connectivity index (χ2v) is 5.19. The Morgan fingerprint density at radius 3 is 3.00 bits per heavy atom. The summed E-state index contributed by atoms with van der Waals surface area (Å²) in [5.74, 6) is 0.225. The average Bonchev–Trinajstić information content (AvgIpc) is 3.06. The predicted molar refractivity (Wildman–Crippen MR) is 79.7 cm³/mol. The lowest BCUT2D eigenvalue weighted by atomic mass is 10.1. The number of nitrogens with zero attached hydrogens (tertiary/aromatic N) is 2. The molecule has 0 spiro atoms. The first-order valence-corrected chi connectivity index (χ1v) is 6.89. The molecule has 3 rings (SSSR count). The van der Waals surface area contributed by atoms with E-state index in [0.29, 0.717) is 23.7 Å². The maximum Gasteiger partial charge on any atom is 0.211 e. The van der Waals surface area contributed by atoms with Gasteiger partial charge in [0.2, 0.25) is 11.7 Å². The first-order valence-electron chi connectivity index (χ1n) is 6.89. The Hall–Kier alpha value is -2.78. The number of allylic oxidation sites excluding steroid dienone is 3. The highest BCUT2D eigenvalue weighted by Gasteiger charge is 2.29. The number of hydrogen-bond donors (Lipinski definition) is 2. The van der Waals surface area contributed by atoms with Gasteiger partial charge in [-0.05, 0) is 18.2 Å². The molecule has 1 saturated heterocycles. The fraction of sp³-hybridized carbons (Fsp3) is 0.250. The lowest BCUT2D eigenvalue weighted by Gasteiger charge is -2.10. The van der Waals surface area contributed by atoms with Gasteiger partial charge in [0, 0.05) is 18.3 Å². The third-order valence-electron chi connectivity index (χ3n) is 3.63. The number of rotatable bonds is 2. The first-order chi connectivity index (χ1) is 10.6. The molecule has 1 unspecified atom stereocenters. The monoisotopic (exact) mass is 297 g/mol. The van der Waals surface area contributed by atoms with Crippen molar-refractivity contribution in [2.45, 2.75) is 6.10 Å². The highest BCUT2D eigenvalue weighted by molar-refractivity contribution is 6.18. The molecule has 1 aromatic rings. The molecule has 0 aliphatic carbocycles. The number of hydrogen-bond acceptors (Lipinski definition) is 6. The van der Waals surface area contributed by atoms with E-state index in [0.717, 1.165) is 5.69 Å². The molecule has 0 amide bonds. The van der Waals surface area contributed by atoms with Crippen LogP contribution >= 0.6 is 0 Å². The number of benzene rings is 1. The highest BCUT2D eigenvalue weighted by atomic mass is 16.5. The van der Waals surface area contributed by atoms with Gasteiger partial charge >= 0.3 is 0 Å². The molecule has 1 atom stereocenters. The molecule has 6 nitrogen and oxygen atoms in total. The van der Waals surface area contributed by atoms with Crippen LogP contribution in [0.25, 0.3) is 0 Å². The van der Waals surface area contributed by atoms with Gasteiger partial charge in [-0.25, -0.2) is 0 Å². The number of ether oxygens (including phenoxy) is 1. The van der Waals surface area contributed by atoms with Gasteiger partial charge in [-0.1, -0.05) is 12.1 Å². The lowest BCUT2D eigenvalue weighted by molar-refractivity contribution is 0.0963. The molecule has 0 radical (unpaired) electrons. The lowest BCUT2D eigenvalue weighted by Crippen LogP contribution is -2.19. The fourth-order valence-corrected chi connectivity index (χ4v) is 2.56. The summed E-state index contributed by atoms with van der Waals surface area (Å²) in [6.07, 6.45) is 1.14. The minimum Gasteiger partial charge on any atom is -0.470 e. The number of nitrogens with one attached hydrogen (secondary N) is 1. The molecule has 2 N–H and O–H groups in total. The molecular formula is C16H15N3O3. The summed E-state index contributed by atoms with van der Waals surface area (Å²) in [5, 5.41) is 21.5. The average molecular weight is 297 g/mol. The number of aliphatic hydroxyl groups is 1. The summed E-state index contributed by atoms with van der Waals surface area (Å²) in [7, 11) is 1.78. The quantitative estimate of drug-likeness (QED) is 0.631. The van der Waals surface area contributed by atoms with Crippen LogP contribution in [0.2, 0.25) is 0 Å². The van der Waals surface area contributed by atoms with E-state index < -0.39 is 0 Å². The van der Waals surface area contributed by atoms with Gasteiger partial charge in [-0.2, -0.15) is 5.26 Å². The number of ketones is 1. The van der Waals surface area contributed by atoms with Gasteiger partial charge < -0.3 is 20.1 Å². The second-order valence-electron chi connectivity index (χ2n) is 5.19. The van der Waals surface area contributed by atoms with Crippen LogP contribution in [0.5, 0.6) is 0 Å². The molecule has 0 bridgehead atoms. The molecule has 2 heterocycles. The van der Waals surface area contributed by atoms with Gasteiger partial charge in [0.1, 0.15) is 17.7 Å². The Bertz CT molecular complexity index is 730. The van der Waals surface area contributed by atoms with Crippen molar-refractivity contribution in [1.29, 1.82) is 5.26 Å². The van der Waals surface area contributed by atoms with Crippen molar-refractivity contribution in [2.75, 3.05) is 25.5 Å². The zero-order valence-electron chi connectivity index (χ0n) is 12.0. The smallest absolute Gasteiger partial charge is 0.211 e. The number of likely N-dealkylation sites (N-methyl/N-ethyl adjacent to an activating group) is 1. The minimum atomic E-state index is -0.355. The van der Waals surface area contributed by atoms with E-state index in [9.17, 15) is 10.1 Å². The van der Waals surface area contributed by atoms with Crippen molar-refractivity contribution in [3.8, 4) is 6.07 Å². The van der Waals surface area contributed by atoms with E-state index in [2.05, 4.69) is 11.4 Å². The van der Waals surface area contributed by atoms with Gasteiger partial charge in [0.05, 0.1) is 18.8 Å². The van der Waals surface area contributed by atoms with Crippen LogP contribution in [0.15, 0.2) is 47.5 Å². The minimum absolute atomic E-state index is 0.119. The molecule has 2 aliphatic heterocycles. The number of nitriles is 1. The Morgan fingerprint density at radius 1 is 1.59 bits per heavy atom. The molecular weight excluding hydrogens is 282 g/mol. The Morgan fingerprint density at radius 2 is 2.36 bits per heavy atom. The van der Waals surface area contributed by atoms with Crippen LogP contribution in [0, 0.1) is 11.3 Å². The summed E-state index contributed by atoms with van der Waals surface area (Å²) in [5.41, 5.74) is 1.91. The summed E-state index contributed by atoms with van der Waals surface area (Å²) in [6, 6.07) is 9.24. The van der Waals surface area contributed by atoms with E-state index >= 15 is 0 Å². The molecule has 2 aliphatic rings. The molecule has 0 saturated carbocycles. The van der Waals surface area contributed by atoms with E-state index in [1.807, 2.05) is 12.1 Å². The Balaban J connectivity index is 1.95. The zero-order chi connectivity index (χ0) is 15.7. The third-order valence-corrected chi connectivity index (χ3v) is 3.63. The predicted octanol–water partition coefficient (Wildman–Crippen LogP) is 1.24. The van der Waals surface area contributed by atoms with Crippen LogP contribution in [-0.4, -0.2) is 42.1 Å². The van der Waals surface area contributed by atoms with Gasteiger partial charge in [-0.3, -0.25) is 4.79 Å². The van der Waals surface area contributed by atoms with E-state index in [1.54, 1.807) is 24.1 Å². The molecule has 22 heavy (non-hydrogen) atoms. The molecule has 1 aromatic carbocycles. The van der Waals surface area contributed by atoms with Crippen LogP contribution in [0.1, 0.15) is 10.4 Å². The number of aliphatic hydroxyl groups excluding tert-OH is 1. The summed E-state index contributed by atoms with van der Waals surface area (Å²) >= 11 is 0. The van der Waals surface area contributed by atoms with Crippen molar-refractivity contribution < 1.29 is 14.6 Å². The first kappa shape index (κ1) is 14.2. The van der Waals surface area contributed by atoms with E-state index in [1.165, 1.54) is 6.08 Å². The molecule has 112 valence electrons. The molecule has 0 aromatic heterocycles. The number of fused-ring (bicyclic) bond motifs is 1. The van der Waals surface area contributed by atoms with Crippen molar-refractivity contribution in [1.82, 2.24) is 4.90 Å². The largest absolute Gasteiger partial charge is 0.470 e. The van der Waals surface area contributed by atoms with Gasteiger partial charge in [-0.15, -0.1) is 0 Å². The number of carbonyl (C=O) groups excluding carboxylic acids is 1. The Labute approximate surface area is 127 Å². The van der Waals surface area contributed by atoms with Crippen LogP contribution in [0.4, 0.5) is 5.69 Å². The highest BCUT2D eigenvalue weighted by Crippen LogP contribution is 2.29. The van der Waals surface area contributed by atoms with Crippen LogP contribution in [-0.2, 0) is 4.74 Å². The number of carbonyl (C=O) groups is 1. The maximum absolute atomic E-state index is 12.3. The normalized spacial score (nSPS) is 23.9. The summed E-state index contributed by atoms with van der Waals surface area (Å²) in [6.45, 7) is 0.382. The van der Waals surface area contributed by atoms with Crippen molar-refractivity contribution in [2.24, 2.45) is 0 Å². The number of anilines is 1. The van der Waals surface area contributed by atoms with E-state index in [4.69, 9.17) is 9.84 Å². The second kappa shape index (κ2) is 5.54. The number of para-hydroxylation sites is 1. The van der Waals surface area contributed by atoms with E-state index in [-0.39, 0.29) is 24.1 Å². The summed E-state index contributed by atoms with van der Waals surface area (Å²) in [4.78, 5) is 14.1. The van der Waals surface area contributed by atoms with Crippen molar-refractivity contribution >= 4 is 11.5 Å². The fourth-order valence-electron chi connectivity index (χ4n) is 2.56. The molecule has 1 fully saturated rings. The topological polar surface area (TPSA) is 85.6 Å². The Kier molecular flexibility index (Phi) is 3.57. The van der Waals surface area contributed by atoms with Gasteiger partial charge in [0.15, 0.2) is 0 Å². The number of Topliss-reactive ketones (excluding diaryl/α,β-unsaturated/α-hetero) is 1. The SMILES string of the molecule is CN1CC(CO)O/C1=C(C#N)\C=C1\Nc2ccccc2C1=O. The van der Waals surface area contributed by atoms with Crippen molar-refractivity contribution in [3.05, 3.63) is 53.1 Å². The maximum atomic E-state index is 12.3. The van der Waals surface area contributed by atoms with Crippen molar-refractivity contribution in [3.63, 3.8) is 0 Å². The van der Waals surface area contributed by atoms with Gasteiger partial charge in [0.25, 0.3) is 0 Å². The van der Waals surface area contributed by atoms with Crippen LogP contribution in [0.3, 0.4) is 0 Å². The third kappa shape index (κ3) is 2.32.